The second-order valence-corrected chi connectivity index (χ2v) is 6.70. The fourth-order valence-electron chi connectivity index (χ4n) is 3.51. The summed E-state index contributed by atoms with van der Waals surface area (Å²) in [5.41, 5.74) is 0.0681. The van der Waals surface area contributed by atoms with Crippen molar-refractivity contribution < 1.29 is 27.1 Å². The number of amides is 1. The molecule has 10 heteroatoms. The van der Waals surface area contributed by atoms with Crippen molar-refractivity contribution in [2.24, 2.45) is 0 Å². The number of hydrogen-bond acceptors (Lipinski definition) is 5. The Kier molecular flexibility index (Phi) is 4.58. The molecule has 3 atom stereocenters. The number of rotatable bonds is 4. The second kappa shape index (κ2) is 6.91. The third kappa shape index (κ3) is 3.53. The molecule has 0 spiro atoms. The first-order valence-electron chi connectivity index (χ1n) is 8.77. The molecular weight excluding hydrogens is 365 g/mol. The standard InChI is InChI=1S/C17H19F3N4O3/c18-17(19,20)14-7-12(13-4-2-6-27-13)23-15-11(9-22-24(14)15)16(25)21-8-10-3-1-5-26-10/h2,4,6,9-10,12,14,23H,1,3,5,7-8H2,(H,21,25)/t10-,12+,14+/m0/s1. The Hall–Kier alpha value is -2.49. The summed E-state index contributed by atoms with van der Waals surface area (Å²) in [5.74, 6) is -0.0718. The highest BCUT2D eigenvalue weighted by molar-refractivity contribution is 5.98. The van der Waals surface area contributed by atoms with Crippen LogP contribution in [0.1, 0.15) is 47.5 Å². The Balaban J connectivity index is 1.59. The zero-order chi connectivity index (χ0) is 19.0. The fraction of sp³-hybridized carbons (Fsp3) is 0.529. The molecule has 7 nitrogen and oxygen atoms in total. The molecule has 4 rings (SSSR count). The molecule has 0 aromatic carbocycles. The lowest BCUT2D eigenvalue weighted by Gasteiger charge is -2.32. The van der Waals surface area contributed by atoms with Crippen LogP contribution in [0.3, 0.4) is 0 Å². The van der Waals surface area contributed by atoms with Crippen molar-refractivity contribution in [3.8, 4) is 0 Å². The van der Waals surface area contributed by atoms with Gasteiger partial charge in [-0.15, -0.1) is 0 Å². The van der Waals surface area contributed by atoms with E-state index < -0.39 is 24.2 Å². The van der Waals surface area contributed by atoms with Gasteiger partial charge in [0.2, 0.25) is 0 Å². The van der Waals surface area contributed by atoms with Crippen LogP contribution >= 0.6 is 0 Å². The number of furan rings is 1. The lowest BCUT2D eigenvalue weighted by atomic mass is 10.0. The first kappa shape index (κ1) is 17.9. The van der Waals surface area contributed by atoms with E-state index in [1.165, 1.54) is 6.26 Å². The van der Waals surface area contributed by atoms with E-state index in [2.05, 4.69) is 15.7 Å². The molecule has 0 radical (unpaired) electrons. The molecular formula is C17H19F3N4O3. The number of ether oxygens (including phenoxy) is 1. The minimum atomic E-state index is -4.50. The average molecular weight is 384 g/mol. The number of carbonyl (C=O) groups is 1. The van der Waals surface area contributed by atoms with Crippen LogP contribution in [0.4, 0.5) is 19.0 Å². The predicted octanol–water partition coefficient (Wildman–Crippen LogP) is 3.05. The molecule has 2 aromatic rings. The summed E-state index contributed by atoms with van der Waals surface area (Å²) in [5, 5.41) is 9.52. The number of carbonyl (C=O) groups excluding carboxylic acids is 1. The zero-order valence-corrected chi connectivity index (χ0v) is 14.3. The quantitative estimate of drug-likeness (QED) is 0.847. The monoisotopic (exact) mass is 384 g/mol. The van der Waals surface area contributed by atoms with E-state index in [1.807, 2.05) is 0 Å². The van der Waals surface area contributed by atoms with Gasteiger partial charge in [0.1, 0.15) is 17.1 Å². The van der Waals surface area contributed by atoms with Crippen LogP contribution in [0.5, 0.6) is 0 Å². The van der Waals surface area contributed by atoms with E-state index >= 15 is 0 Å². The molecule has 27 heavy (non-hydrogen) atoms. The molecule has 0 unspecified atom stereocenters. The molecule has 1 fully saturated rings. The van der Waals surface area contributed by atoms with Crippen LogP contribution in [0.25, 0.3) is 0 Å². The summed E-state index contributed by atoms with van der Waals surface area (Å²) in [4.78, 5) is 12.5. The number of hydrogen-bond donors (Lipinski definition) is 2. The summed E-state index contributed by atoms with van der Waals surface area (Å²) in [6.45, 7) is 0.969. The van der Waals surface area contributed by atoms with Crippen LogP contribution in [-0.2, 0) is 4.74 Å². The first-order chi connectivity index (χ1) is 12.9. The number of nitrogens with zero attached hydrogens (tertiary/aromatic N) is 2. The van der Waals surface area contributed by atoms with Crippen molar-refractivity contribution in [2.75, 3.05) is 18.5 Å². The maximum atomic E-state index is 13.6. The van der Waals surface area contributed by atoms with Crippen LogP contribution in [0, 0.1) is 0 Å². The van der Waals surface area contributed by atoms with E-state index in [-0.39, 0.29) is 23.9 Å². The zero-order valence-electron chi connectivity index (χ0n) is 14.3. The average Bonchev–Trinajstić information content (AvgIpc) is 3.39. The van der Waals surface area contributed by atoms with Crippen molar-refractivity contribution in [3.63, 3.8) is 0 Å². The normalized spacial score (nSPS) is 25.1. The number of halogens is 3. The Morgan fingerprint density at radius 1 is 1.44 bits per heavy atom. The van der Waals surface area contributed by atoms with Gasteiger partial charge in [0.25, 0.3) is 5.91 Å². The van der Waals surface area contributed by atoms with Gasteiger partial charge in [-0.05, 0) is 25.0 Å². The summed E-state index contributed by atoms with van der Waals surface area (Å²) in [7, 11) is 0. The molecule has 4 heterocycles. The van der Waals surface area contributed by atoms with Crippen LogP contribution in [-0.4, -0.2) is 41.1 Å². The highest BCUT2D eigenvalue weighted by atomic mass is 19.4. The van der Waals surface area contributed by atoms with E-state index in [0.29, 0.717) is 18.9 Å². The summed E-state index contributed by atoms with van der Waals surface area (Å²) < 4.78 is 52.2. The lowest BCUT2D eigenvalue weighted by molar-refractivity contribution is -0.174. The fourth-order valence-corrected chi connectivity index (χ4v) is 3.51. The van der Waals surface area contributed by atoms with E-state index in [1.54, 1.807) is 12.1 Å². The number of alkyl halides is 3. The summed E-state index contributed by atoms with van der Waals surface area (Å²) >= 11 is 0. The van der Waals surface area contributed by atoms with Gasteiger partial charge < -0.3 is 19.8 Å². The van der Waals surface area contributed by atoms with Gasteiger partial charge in [0, 0.05) is 19.6 Å². The molecule has 0 bridgehead atoms. The molecule has 1 saturated heterocycles. The molecule has 2 N–H and O–H groups in total. The molecule has 146 valence electrons. The van der Waals surface area contributed by atoms with Gasteiger partial charge in [-0.2, -0.15) is 18.3 Å². The Morgan fingerprint density at radius 2 is 2.30 bits per heavy atom. The van der Waals surface area contributed by atoms with Crippen molar-refractivity contribution in [2.45, 2.75) is 43.6 Å². The minimum Gasteiger partial charge on any atom is -0.467 e. The smallest absolute Gasteiger partial charge is 0.410 e. The molecule has 2 aliphatic heterocycles. The van der Waals surface area contributed by atoms with E-state index in [4.69, 9.17) is 9.15 Å². The van der Waals surface area contributed by atoms with Gasteiger partial charge >= 0.3 is 6.18 Å². The van der Waals surface area contributed by atoms with Crippen molar-refractivity contribution >= 4 is 11.7 Å². The van der Waals surface area contributed by atoms with Gasteiger partial charge in [-0.3, -0.25) is 4.79 Å². The highest BCUT2D eigenvalue weighted by Gasteiger charge is 2.47. The minimum absolute atomic E-state index is 0.0369. The van der Waals surface area contributed by atoms with Gasteiger partial charge in [-0.1, -0.05) is 0 Å². The van der Waals surface area contributed by atoms with Gasteiger partial charge in [-0.25, -0.2) is 4.68 Å². The first-order valence-corrected chi connectivity index (χ1v) is 8.77. The third-order valence-electron chi connectivity index (χ3n) is 4.88. The Labute approximate surface area is 152 Å². The second-order valence-electron chi connectivity index (χ2n) is 6.70. The number of fused-ring (bicyclic) bond motifs is 1. The van der Waals surface area contributed by atoms with Gasteiger partial charge in [0.05, 0.1) is 24.6 Å². The summed E-state index contributed by atoms with van der Waals surface area (Å²) in [6.07, 6.45) is -0.490. The summed E-state index contributed by atoms with van der Waals surface area (Å²) in [6, 6.07) is 0.666. The van der Waals surface area contributed by atoms with Gasteiger partial charge in [0.15, 0.2) is 6.04 Å². The maximum absolute atomic E-state index is 13.6. The highest BCUT2D eigenvalue weighted by Crippen LogP contribution is 2.44. The molecule has 2 aliphatic rings. The van der Waals surface area contributed by atoms with E-state index in [0.717, 1.165) is 23.7 Å². The largest absolute Gasteiger partial charge is 0.467 e. The Bertz CT molecular complexity index is 797. The van der Waals surface area contributed by atoms with Crippen molar-refractivity contribution in [1.82, 2.24) is 15.1 Å². The van der Waals surface area contributed by atoms with Crippen molar-refractivity contribution in [3.05, 3.63) is 35.9 Å². The van der Waals surface area contributed by atoms with E-state index in [9.17, 15) is 18.0 Å². The molecule has 1 amide bonds. The number of anilines is 1. The third-order valence-corrected chi connectivity index (χ3v) is 4.88. The topological polar surface area (TPSA) is 81.3 Å². The van der Waals surface area contributed by atoms with Crippen LogP contribution < -0.4 is 10.6 Å². The van der Waals surface area contributed by atoms with Crippen LogP contribution in [0.15, 0.2) is 29.0 Å². The lowest BCUT2D eigenvalue weighted by Crippen LogP contribution is -2.37. The molecule has 0 saturated carbocycles. The van der Waals surface area contributed by atoms with Crippen LogP contribution in [0.2, 0.25) is 0 Å². The van der Waals surface area contributed by atoms with Crippen molar-refractivity contribution in [1.29, 1.82) is 0 Å². The molecule has 2 aromatic heterocycles. The SMILES string of the molecule is O=C(NC[C@@H]1CCCO1)c1cnn2c1N[C@@H](c1ccco1)C[C@@H]2C(F)(F)F. The maximum Gasteiger partial charge on any atom is 0.410 e. The number of aromatic nitrogens is 2. The Morgan fingerprint density at radius 3 is 2.96 bits per heavy atom. The molecule has 0 aliphatic carbocycles. The predicted molar refractivity (Wildman–Crippen MR) is 88.3 cm³/mol. The number of nitrogens with one attached hydrogen (secondary N) is 2.